The largest absolute Gasteiger partial charge is 0.272 e. The van der Waals surface area contributed by atoms with Crippen LogP contribution in [0.4, 0.5) is 4.39 Å². The molecular weight excluding hydrogens is 315 g/mol. The van der Waals surface area contributed by atoms with E-state index >= 15 is 0 Å². The van der Waals surface area contributed by atoms with Crippen LogP contribution in [0.5, 0.6) is 0 Å². The molecule has 2 aromatic carbocycles. The Kier molecular flexibility index (Phi) is 5.76. The SMILES string of the molecule is Cc1ccc(SCC(=O)NNC(=O)c2ccc(F)cc2)cc1C. The summed E-state index contributed by atoms with van der Waals surface area (Å²) in [6, 6.07) is 11.0. The van der Waals surface area contributed by atoms with Gasteiger partial charge >= 0.3 is 0 Å². The molecule has 0 aliphatic rings. The summed E-state index contributed by atoms with van der Waals surface area (Å²) >= 11 is 1.39. The molecule has 0 heterocycles. The molecule has 2 rings (SSSR count). The van der Waals surface area contributed by atoms with E-state index in [9.17, 15) is 14.0 Å². The van der Waals surface area contributed by atoms with Crippen LogP contribution in [0.15, 0.2) is 47.4 Å². The van der Waals surface area contributed by atoms with Gasteiger partial charge in [-0.05, 0) is 61.4 Å². The molecule has 0 fully saturated rings. The van der Waals surface area contributed by atoms with Crippen molar-refractivity contribution in [2.24, 2.45) is 0 Å². The van der Waals surface area contributed by atoms with Gasteiger partial charge in [-0.3, -0.25) is 20.4 Å². The number of carbonyl (C=O) groups excluding carboxylic acids is 2. The molecule has 2 amide bonds. The van der Waals surface area contributed by atoms with E-state index in [2.05, 4.69) is 10.9 Å². The Bertz CT molecular complexity index is 717. The van der Waals surface area contributed by atoms with Gasteiger partial charge in [-0.1, -0.05) is 6.07 Å². The third-order valence-corrected chi connectivity index (χ3v) is 4.26. The van der Waals surface area contributed by atoms with Gasteiger partial charge in [-0.25, -0.2) is 4.39 Å². The number of rotatable bonds is 4. The Balaban J connectivity index is 1.79. The topological polar surface area (TPSA) is 58.2 Å². The normalized spacial score (nSPS) is 10.2. The molecule has 2 N–H and O–H groups in total. The highest BCUT2D eigenvalue weighted by atomic mass is 32.2. The van der Waals surface area contributed by atoms with Crippen molar-refractivity contribution < 1.29 is 14.0 Å². The molecule has 2 aromatic rings. The van der Waals surface area contributed by atoms with Crippen molar-refractivity contribution in [3.63, 3.8) is 0 Å². The summed E-state index contributed by atoms with van der Waals surface area (Å²) in [4.78, 5) is 24.5. The second-order valence-electron chi connectivity index (χ2n) is 5.04. The number of nitrogens with one attached hydrogen (secondary N) is 2. The van der Waals surface area contributed by atoms with Crippen LogP contribution in [-0.2, 0) is 4.79 Å². The van der Waals surface area contributed by atoms with Crippen LogP contribution in [0, 0.1) is 19.7 Å². The van der Waals surface area contributed by atoms with E-state index < -0.39 is 11.7 Å². The molecular formula is C17H17FN2O2S. The van der Waals surface area contributed by atoms with Crippen molar-refractivity contribution >= 4 is 23.6 Å². The standard InChI is InChI=1S/C17H17FN2O2S/c1-11-3-8-15(9-12(11)2)23-10-16(21)19-20-17(22)13-4-6-14(18)7-5-13/h3-9H,10H2,1-2H3,(H,19,21)(H,20,22). The molecule has 0 radical (unpaired) electrons. The van der Waals surface area contributed by atoms with Gasteiger partial charge in [0.2, 0.25) is 5.91 Å². The van der Waals surface area contributed by atoms with E-state index in [4.69, 9.17) is 0 Å². The number of halogens is 1. The third-order valence-electron chi connectivity index (χ3n) is 3.27. The second-order valence-corrected chi connectivity index (χ2v) is 6.09. The number of benzene rings is 2. The van der Waals surface area contributed by atoms with Gasteiger partial charge in [0, 0.05) is 10.5 Å². The van der Waals surface area contributed by atoms with E-state index in [1.165, 1.54) is 47.2 Å². The van der Waals surface area contributed by atoms with Gasteiger partial charge in [0.15, 0.2) is 0 Å². The predicted molar refractivity (Wildman–Crippen MR) is 88.6 cm³/mol. The Morgan fingerprint density at radius 2 is 1.70 bits per heavy atom. The first-order chi connectivity index (χ1) is 11.0. The molecule has 0 spiro atoms. The average molecular weight is 332 g/mol. The van der Waals surface area contributed by atoms with E-state index in [0.29, 0.717) is 0 Å². The van der Waals surface area contributed by atoms with E-state index in [1.807, 2.05) is 32.0 Å². The fourth-order valence-corrected chi connectivity index (χ4v) is 2.58. The average Bonchev–Trinajstić information content (AvgIpc) is 2.54. The van der Waals surface area contributed by atoms with Crippen molar-refractivity contribution in [1.29, 1.82) is 0 Å². The number of aryl methyl sites for hydroxylation is 2. The van der Waals surface area contributed by atoms with Crippen LogP contribution in [0.3, 0.4) is 0 Å². The van der Waals surface area contributed by atoms with Crippen molar-refractivity contribution in [3.8, 4) is 0 Å². The molecule has 0 aliphatic heterocycles. The van der Waals surface area contributed by atoms with Gasteiger partial charge in [0.25, 0.3) is 5.91 Å². The zero-order valence-corrected chi connectivity index (χ0v) is 13.7. The van der Waals surface area contributed by atoms with Gasteiger partial charge in [-0.15, -0.1) is 11.8 Å². The number of hydrogen-bond acceptors (Lipinski definition) is 3. The fraction of sp³-hybridized carbons (Fsp3) is 0.176. The smallest absolute Gasteiger partial charge is 0.269 e. The number of thioether (sulfide) groups is 1. The van der Waals surface area contributed by atoms with Crippen molar-refractivity contribution in [2.45, 2.75) is 18.7 Å². The molecule has 0 saturated carbocycles. The van der Waals surface area contributed by atoms with Crippen LogP contribution < -0.4 is 10.9 Å². The fourth-order valence-electron chi connectivity index (χ4n) is 1.79. The first-order valence-electron chi connectivity index (χ1n) is 7.00. The molecule has 0 aliphatic carbocycles. The first kappa shape index (κ1) is 17.0. The van der Waals surface area contributed by atoms with Crippen LogP contribution in [0.2, 0.25) is 0 Å². The summed E-state index contributed by atoms with van der Waals surface area (Å²) in [5.41, 5.74) is 7.28. The maximum Gasteiger partial charge on any atom is 0.269 e. The summed E-state index contributed by atoms with van der Waals surface area (Å²) < 4.78 is 12.8. The minimum absolute atomic E-state index is 0.187. The van der Waals surface area contributed by atoms with Crippen molar-refractivity contribution in [3.05, 3.63) is 65.0 Å². The van der Waals surface area contributed by atoms with Crippen LogP contribution >= 0.6 is 11.8 Å². The summed E-state index contributed by atoms with van der Waals surface area (Å²) in [7, 11) is 0. The third kappa shape index (κ3) is 5.10. The summed E-state index contributed by atoms with van der Waals surface area (Å²) in [5.74, 6) is -1.04. The molecule has 0 atom stereocenters. The number of hydrogen-bond donors (Lipinski definition) is 2. The maximum atomic E-state index is 12.8. The van der Waals surface area contributed by atoms with Crippen LogP contribution in [0.1, 0.15) is 21.5 Å². The van der Waals surface area contributed by atoms with E-state index in [1.54, 1.807) is 0 Å². The second kappa shape index (κ2) is 7.78. The summed E-state index contributed by atoms with van der Waals surface area (Å²) in [5, 5.41) is 0. The lowest BCUT2D eigenvalue weighted by molar-refractivity contribution is -0.119. The number of carbonyl (C=O) groups is 2. The van der Waals surface area contributed by atoms with Crippen molar-refractivity contribution in [2.75, 3.05) is 5.75 Å². The zero-order valence-electron chi connectivity index (χ0n) is 12.9. The molecule has 23 heavy (non-hydrogen) atoms. The molecule has 0 aromatic heterocycles. The minimum atomic E-state index is -0.491. The molecule has 0 bridgehead atoms. The van der Waals surface area contributed by atoms with Gasteiger partial charge < -0.3 is 0 Å². The van der Waals surface area contributed by atoms with Crippen molar-refractivity contribution in [1.82, 2.24) is 10.9 Å². The van der Waals surface area contributed by atoms with Crippen LogP contribution in [-0.4, -0.2) is 17.6 Å². The lowest BCUT2D eigenvalue weighted by Crippen LogP contribution is -2.42. The molecule has 120 valence electrons. The summed E-state index contributed by atoms with van der Waals surface area (Å²) in [6.45, 7) is 4.05. The van der Waals surface area contributed by atoms with Crippen LogP contribution in [0.25, 0.3) is 0 Å². The Morgan fingerprint density at radius 3 is 2.35 bits per heavy atom. The summed E-state index contributed by atoms with van der Waals surface area (Å²) in [6.07, 6.45) is 0. The van der Waals surface area contributed by atoms with E-state index in [0.717, 1.165) is 4.90 Å². The highest BCUT2D eigenvalue weighted by molar-refractivity contribution is 8.00. The van der Waals surface area contributed by atoms with Gasteiger partial charge in [0.1, 0.15) is 5.82 Å². The lowest BCUT2D eigenvalue weighted by atomic mass is 10.1. The van der Waals surface area contributed by atoms with E-state index in [-0.39, 0.29) is 17.2 Å². The van der Waals surface area contributed by atoms with Gasteiger partial charge in [-0.2, -0.15) is 0 Å². The minimum Gasteiger partial charge on any atom is -0.272 e. The monoisotopic (exact) mass is 332 g/mol. The maximum absolute atomic E-state index is 12.8. The number of hydrazine groups is 1. The zero-order chi connectivity index (χ0) is 16.8. The quantitative estimate of drug-likeness (QED) is 0.668. The number of amides is 2. The molecule has 4 nitrogen and oxygen atoms in total. The molecule has 6 heteroatoms. The van der Waals surface area contributed by atoms with Gasteiger partial charge in [0.05, 0.1) is 5.75 Å². The highest BCUT2D eigenvalue weighted by Crippen LogP contribution is 2.20. The first-order valence-corrected chi connectivity index (χ1v) is 7.99. The predicted octanol–water partition coefficient (Wildman–Crippen LogP) is 3.00. The lowest BCUT2D eigenvalue weighted by Gasteiger charge is -2.08. The Hall–Kier alpha value is -2.34. The Morgan fingerprint density at radius 1 is 1.00 bits per heavy atom. The molecule has 0 unspecified atom stereocenters. The molecule has 0 saturated heterocycles. The highest BCUT2D eigenvalue weighted by Gasteiger charge is 2.08. The Labute approximate surface area is 138 Å².